The SMILES string of the molecule is COC(=O)[C@H]1[C@H](C(=O)OC)C(C)(C)N2[C@@H](c3ccccc3)[C@H](NC(=O)c3ccccc3)C(=O)N12. The summed E-state index contributed by atoms with van der Waals surface area (Å²) in [6.45, 7) is 3.55. The monoisotopic (exact) mass is 465 g/mol. The number of hydrazine groups is 1. The van der Waals surface area contributed by atoms with Crippen LogP contribution in [-0.4, -0.2) is 65.6 Å². The van der Waals surface area contributed by atoms with Gasteiger partial charge in [-0.1, -0.05) is 48.5 Å². The van der Waals surface area contributed by atoms with Gasteiger partial charge in [0.2, 0.25) is 0 Å². The number of rotatable bonds is 5. The van der Waals surface area contributed by atoms with Gasteiger partial charge in [-0.05, 0) is 31.5 Å². The summed E-state index contributed by atoms with van der Waals surface area (Å²) in [5.41, 5.74) is 0.133. The molecule has 9 heteroatoms. The lowest BCUT2D eigenvalue weighted by atomic mass is 9.81. The fraction of sp³-hybridized carbons (Fsp3) is 0.360. The molecule has 2 aliphatic heterocycles. The van der Waals surface area contributed by atoms with E-state index >= 15 is 0 Å². The van der Waals surface area contributed by atoms with Crippen molar-refractivity contribution in [1.29, 1.82) is 0 Å². The maximum absolute atomic E-state index is 13.8. The molecule has 0 bridgehead atoms. The Labute approximate surface area is 197 Å². The second-order valence-electron chi connectivity index (χ2n) is 8.82. The molecule has 2 aliphatic rings. The minimum Gasteiger partial charge on any atom is -0.469 e. The number of esters is 2. The molecule has 0 aromatic heterocycles. The van der Waals surface area contributed by atoms with Crippen LogP contribution in [0.2, 0.25) is 0 Å². The summed E-state index contributed by atoms with van der Waals surface area (Å²) in [6.07, 6.45) is 0. The molecule has 0 unspecified atom stereocenters. The van der Waals surface area contributed by atoms with Gasteiger partial charge in [0.05, 0.1) is 25.8 Å². The van der Waals surface area contributed by atoms with E-state index in [1.165, 1.54) is 19.2 Å². The topological polar surface area (TPSA) is 105 Å². The van der Waals surface area contributed by atoms with Crippen molar-refractivity contribution >= 4 is 23.8 Å². The highest BCUT2D eigenvalue weighted by Gasteiger charge is 2.68. The average molecular weight is 466 g/mol. The quantitative estimate of drug-likeness (QED) is 0.670. The average Bonchev–Trinajstić information content (AvgIpc) is 3.27. The maximum atomic E-state index is 13.8. The third-order valence-corrected chi connectivity index (χ3v) is 6.60. The van der Waals surface area contributed by atoms with Crippen LogP contribution in [0.25, 0.3) is 0 Å². The zero-order valence-electron chi connectivity index (χ0n) is 19.4. The fourth-order valence-electron chi connectivity index (χ4n) is 5.08. The Kier molecular flexibility index (Phi) is 6.14. The van der Waals surface area contributed by atoms with Crippen LogP contribution in [0, 0.1) is 5.92 Å². The number of amides is 2. The predicted molar refractivity (Wildman–Crippen MR) is 121 cm³/mol. The van der Waals surface area contributed by atoms with Gasteiger partial charge in [0.25, 0.3) is 11.8 Å². The Morgan fingerprint density at radius 3 is 2.00 bits per heavy atom. The summed E-state index contributed by atoms with van der Waals surface area (Å²) in [5, 5.41) is 5.83. The van der Waals surface area contributed by atoms with Crippen LogP contribution in [-0.2, 0) is 23.9 Å². The van der Waals surface area contributed by atoms with Crippen molar-refractivity contribution < 1.29 is 28.7 Å². The Balaban J connectivity index is 1.83. The van der Waals surface area contributed by atoms with Crippen LogP contribution in [0.3, 0.4) is 0 Å². The molecule has 2 aromatic carbocycles. The van der Waals surface area contributed by atoms with E-state index < -0.39 is 53.3 Å². The van der Waals surface area contributed by atoms with Gasteiger partial charge in [-0.25, -0.2) is 9.80 Å². The lowest BCUT2D eigenvalue weighted by Crippen LogP contribution is -2.52. The lowest BCUT2D eigenvalue weighted by molar-refractivity contribution is -0.161. The van der Waals surface area contributed by atoms with Gasteiger partial charge in [-0.2, -0.15) is 0 Å². The number of hydrogen-bond acceptors (Lipinski definition) is 7. The van der Waals surface area contributed by atoms with E-state index in [9.17, 15) is 19.2 Å². The first-order valence-electron chi connectivity index (χ1n) is 10.9. The molecule has 4 rings (SSSR count). The van der Waals surface area contributed by atoms with E-state index in [0.717, 1.165) is 5.56 Å². The van der Waals surface area contributed by atoms with Crippen LogP contribution in [0.5, 0.6) is 0 Å². The molecule has 2 aromatic rings. The third kappa shape index (κ3) is 3.62. The molecule has 178 valence electrons. The lowest BCUT2D eigenvalue weighted by Gasteiger charge is -2.38. The number of hydrogen-bond donors (Lipinski definition) is 1. The van der Waals surface area contributed by atoms with E-state index in [2.05, 4.69) is 5.32 Å². The number of nitrogens with one attached hydrogen (secondary N) is 1. The molecule has 2 heterocycles. The van der Waals surface area contributed by atoms with Crippen LogP contribution in [0.1, 0.15) is 35.8 Å². The first-order chi connectivity index (χ1) is 16.2. The molecular formula is C25H27N3O6. The van der Waals surface area contributed by atoms with E-state index in [0.29, 0.717) is 5.56 Å². The Hall–Kier alpha value is -3.72. The molecule has 2 amide bonds. The molecule has 0 aliphatic carbocycles. The molecule has 9 nitrogen and oxygen atoms in total. The van der Waals surface area contributed by atoms with Gasteiger partial charge >= 0.3 is 11.9 Å². The smallest absolute Gasteiger partial charge is 0.331 e. The van der Waals surface area contributed by atoms with Crippen LogP contribution in [0.15, 0.2) is 60.7 Å². The first-order valence-corrected chi connectivity index (χ1v) is 10.9. The van der Waals surface area contributed by atoms with Crippen molar-refractivity contribution in [1.82, 2.24) is 15.3 Å². The molecule has 4 atom stereocenters. The second-order valence-corrected chi connectivity index (χ2v) is 8.82. The molecule has 34 heavy (non-hydrogen) atoms. The number of fused-ring (bicyclic) bond motifs is 1. The number of benzene rings is 2. The van der Waals surface area contributed by atoms with E-state index in [-0.39, 0.29) is 0 Å². The number of ether oxygens (including phenoxy) is 2. The highest BCUT2D eigenvalue weighted by molar-refractivity contribution is 6.00. The first kappa shape index (κ1) is 23.4. The van der Waals surface area contributed by atoms with Crippen molar-refractivity contribution in [2.45, 2.75) is 37.5 Å². The van der Waals surface area contributed by atoms with Crippen LogP contribution < -0.4 is 5.32 Å². The summed E-state index contributed by atoms with van der Waals surface area (Å²) in [5.74, 6) is -3.28. The maximum Gasteiger partial charge on any atom is 0.331 e. The molecular weight excluding hydrogens is 438 g/mol. The summed E-state index contributed by atoms with van der Waals surface area (Å²) in [7, 11) is 2.45. The fourth-order valence-corrected chi connectivity index (χ4v) is 5.08. The molecule has 0 radical (unpaired) electrons. The van der Waals surface area contributed by atoms with Crippen molar-refractivity contribution in [2.75, 3.05) is 14.2 Å². The van der Waals surface area contributed by atoms with Crippen molar-refractivity contribution in [3.05, 3.63) is 71.8 Å². The summed E-state index contributed by atoms with van der Waals surface area (Å²) >= 11 is 0. The van der Waals surface area contributed by atoms with Gasteiger partial charge in [-0.15, -0.1) is 0 Å². The van der Waals surface area contributed by atoms with Gasteiger partial charge in [0.15, 0.2) is 6.04 Å². The molecule has 2 fully saturated rings. The Morgan fingerprint density at radius 2 is 1.44 bits per heavy atom. The largest absolute Gasteiger partial charge is 0.469 e. The van der Waals surface area contributed by atoms with Gasteiger partial charge in [0, 0.05) is 5.56 Å². The van der Waals surface area contributed by atoms with Crippen LogP contribution in [0.4, 0.5) is 0 Å². The minimum absolute atomic E-state index is 0.403. The molecule has 0 spiro atoms. The minimum atomic E-state index is -1.23. The third-order valence-electron chi connectivity index (χ3n) is 6.60. The van der Waals surface area contributed by atoms with Crippen LogP contribution >= 0.6 is 0 Å². The Bertz CT molecular complexity index is 1100. The zero-order valence-corrected chi connectivity index (χ0v) is 19.4. The summed E-state index contributed by atoms with van der Waals surface area (Å²) < 4.78 is 9.99. The summed E-state index contributed by atoms with van der Waals surface area (Å²) in [4.78, 5) is 52.5. The zero-order chi connectivity index (χ0) is 24.6. The Morgan fingerprint density at radius 1 is 0.882 bits per heavy atom. The second kappa shape index (κ2) is 8.90. The van der Waals surface area contributed by atoms with Gasteiger partial charge in [-0.3, -0.25) is 19.4 Å². The number of carbonyl (C=O) groups excluding carboxylic acids is 4. The number of carbonyl (C=O) groups is 4. The molecule has 0 saturated carbocycles. The van der Waals surface area contributed by atoms with E-state index in [1.807, 2.05) is 30.3 Å². The van der Waals surface area contributed by atoms with E-state index in [4.69, 9.17) is 9.47 Å². The van der Waals surface area contributed by atoms with Crippen molar-refractivity contribution in [3.8, 4) is 0 Å². The van der Waals surface area contributed by atoms with E-state index in [1.54, 1.807) is 49.2 Å². The highest BCUT2D eigenvalue weighted by atomic mass is 16.5. The van der Waals surface area contributed by atoms with Gasteiger partial charge < -0.3 is 14.8 Å². The number of methoxy groups -OCH3 is 2. The normalized spacial score (nSPS) is 25.5. The van der Waals surface area contributed by atoms with Gasteiger partial charge in [0.1, 0.15) is 12.0 Å². The van der Waals surface area contributed by atoms with Crippen molar-refractivity contribution in [3.63, 3.8) is 0 Å². The highest BCUT2D eigenvalue weighted by Crippen LogP contribution is 2.50. The predicted octanol–water partition coefficient (Wildman–Crippen LogP) is 1.71. The molecule has 2 saturated heterocycles. The molecule has 1 N–H and O–H groups in total. The van der Waals surface area contributed by atoms with Crippen molar-refractivity contribution in [2.24, 2.45) is 5.92 Å². The summed E-state index contributed by atoms with van der Waals surface area (Å²) in [6, 6.07) is 14.9. The standard InChI is InChI=1S/C25H27N3O6/c1-25(2)17(23(31)33-3)20(24(32)34-4)27-22(30)18(26-21(29)16-13-9-6-10-14-16)19(28(25)27)15-11-7-5-8-12-15/h5-14,17-20H,1-4H3,(H,26,29)/t17-,18+,19+,20-/m1/s1. The number of nitrogens with zero attached hydrogens (tertiary/aromatic N) is 2.